The highest BCUT2D eigenvalue weighted by Gasteiger charge is 2.24. The Bertz CT molecular complexity index is 388. The van der Waals surface area contributed by atoms with Gasteiger partial charge in [0.1, 0.15) is 5.82 Å². The van der Waals surface area contributed by atoms with E-state index in [1.807, 2.05) is 13.1 Å². The minimum absolute atomic E-state index is 0.238. The van der Waals surface area contributed by atoms with Crippen LogP contribution in [0.2, 0.25) is 5.02 Å². The first-order valence-corrected chi connectivity index (χ1v) is 7.17. The molecule has 2 rings (SSSR count). The fourth-order valence-corrected chi connectivity index (χ4v) is 3.27. The number of hydrogen-bond donors (Lipinski definition) is 1. The molecule has 18 heavy (non-hydrogen) atoms. The monoisotopic (exact) mass is 269 g/mol. The molecule has 1 aliphatic rings. The summed E-state index contributed by atoms with van der Waals surface area (Å²) in [6.07, 6.45) is 6.37. The van der Waals surface area contributed by atoms with Gasteiger partial charge in [-0.1, -0.05) is 43.4 Å². The molecule has 1 saturated carbocycles. The molecule has 1 aliphatic carbocycles. The Labute approximate surface area is 114 Å². The molecule has 1 aromatic carbocycles. The van der Waals surface area contributed by atoms with Crippen molar-refractivity contribution >= 4 is 11.6 Å². The van der Waals surface area contributed by atoms with E-state index in [1.165, 1.54) is 31.7 Å². The molecule has 0 bridgehead atoms. The first-order chi connectivity index (χ1) is 8.70. The van der Waals surface area contributed by atoms with Crippen LogP contribution in [0.15, 0.2) is 18.2 Å². The molecular weight excluding hydrogens is 249 g/mol. The van der Waals surface area contributed by atoms with Gasteiger partial charge in [0.25, 0.3) is 0 Å². The predicted octanol–water partition coefficient (Wildman–Crippen LogP) is 4.05. The van der Waals surface area contributed by atoms with Gasteiger partial charge >= 0.3 is 0 Å². The van der Waals surface area contributed by atoms with Gasteiger partial charge in [-0.3, -0.25) is 0 Å². The van der Waals surface area contributed by atoms with Gasteiger partial charge in [-0.05, 0) is 49.5 Å². The van der Waals surface area contributed by atoms with Gasteiger partial charge in [0.2, 0.25) is 0 Å². The molecule has 1 unspecified atom stereocenters. The molecule has 1 fully saturated rings. The number of hydrogen-bond acceptors (Lipinski definition) is 1. The van der Waals surface area contributed by atoms with Crippen molar-refractivity contribution < 1.29 is 4.39 Å². The van der Waals surface area contributed by atoms with Crippen molar-refractivity contribution in [1.29, 1.82) is 0 Å². The lowest BCUT2D eigenvalue weighted by Gasteiger charge is -2.23. The molecule has 1 nitrogen and oxygen atoms in total. The fraction of sp³-hybridized carbons (Fsp3) is 0.600. The van der Waals surface area contributed by atoms with Gasteiger partial charge in [-0.25, -0.2) is 4.39 Å². The lowest BCUT2D eigenvalue weighted by Crippen LogP contribution is -2.26. The number of nitrogens with one attached hydrogen (secondary N) is 1. The van der Waals surface area contributed by atoms with Gasteiger partial charge in [0.05, 0.1) is 5.02 Å². The summed E-state index contributed by atoms with van der Waals surface area (Å²) in [7, 11) is 2.00. The first-order valence-electron chi connectivity index (χ1n) is 6.79. The third kappa shape index (κ3) is 3.46. The molecule has 0 heterocycles. The van der Waals surface area contributed by atoms with Crippen LogP contribution >= 0.6 is 11.6 Å². The summed E-state index contributed by atoms with van der Waals surface area (Å²) in [5.74, 6) is 1.12. The highest BCUT2D eigenvalue weighted by Crippen LogP contribution is 2.33. The Hall–Kier alpha value is -0.600. The molecule has 0 saturated heterocycles. The average molecular weight is 270 g/mol. The molecule has 100 valence electrons. The summed E-state index contributed by atoms with van der Waals surface area (Å²) in [5, 5.41) is 3.52. The van der Waals surface area contributed by atoms with Crippen LogP contribution in [-0.2, 0) is 6.42 Å². The van der Waals surface area contributed by atoms with E-state index in [2.05, 4.69) is 5.32 Å². The molecule has 1 N–H and O–H groups in total. The van der Waals surface area contributed by atoms with Crippen molar-refractivity contribution in [2.45, 2.75) is 32.1 Å². The first kappa shape index (κ1) is 13.8. The summed E-state index contributed by atoms with van der Waals surface area (Å²) < 4.78 is 13.1. The van der Waals surface area contributed by atoms with Crippen LogP contribution in [0.5, 0.6) is 0 Å². The molecule has 3 heteroatoms. The van der Waals surface area contributed by atoms with E-state index >= 15 is 0 Å². The average Bonchev–Trinajstić information content (AvgIpc) is 2.87. The highest BCUT2D eigenvalue weighted by molar-refractivity contribution is 6.30. The van der Waals surface area contributed by atoms with Gasteiger partial charge < -0.3 is 5.32 Å². The van der Waals surface area contributed by atoms with Crippen molar-refractivity contribution in [2.24, 2.45) is 11.8 Å². The van der Waals surface area contributed by atoms with E-state index in [4.69, 9.17) is 11.6 Å². The van der Waals surface area contributed by atoms with Gasteiger partial charge in [0, 0.05) is 0 Å². The van der Waals surface area contributed by atoms with Crippen molar-refractivity contribution in [3.05, 3.63) is 34.6 Å². The van der Waals surface area contributed by atoms with Gasteiger partial charge in [-0.15, -0.1) is 0 Å². The minimum Gasteiger partial charge on any atom is -0.319 e. The Morgan fingerprint density at radius 2 is 2.11 bits per heavy atom. The van der Waals surface area contributed by atoms with Crippen molar-refractivity contribution in [1.82, 2.24) is 5.32 Å². The zero-order valence-electron chi connectivity index (χ0n) is 10.9. The zero-order chi connectivity index (χ0) is 13.0. The van der Waals surface area contributed by atoms with Crippen LogP contribution in [0.25, 0.3) is 0 Å². The largest absolute Gasteiger partial charge is 0.319 e. The van der Waals surface area contributed by atoms with E-state index in [0.29, 0.717) is 5.92 Å². The standard InChI is InChI=1S/C15H21ClFN/c1-18-10-13(12-4-2-3-5-12)8-11-6-7-15(17)14(16)9-11/h6-7,9,12-13,18H,2-5,8,10H2,1H3. The normalized spacial score (nSPS) is 18.2. The van der Waals surface area contributed by atoms with Crippen molar-refractivity contribution in [3.63, 3.8) is 0 Å². The second-order valence-electron chi connectivity index (χ2n) is 5.31. The molecule has 0 radical (unpaired) electrons. The number of halogens is 2. The van der Waals surface area contributed by atoms with Crippen LogP contribution in [0.3, 0.4) is 0 Å². The summed E-state index contributed by atoms with van der Waals surface area (Å²) in [5.41, 5.74) is 1.15. The summed E-state index contributed by atoms with van der Waals surface area (Å²) >= 11 is 5.84. The van der Waals surface area contributed by atoms with Gasteiger partial charge in [0.15, 0.2) is 0 Å². The van der Waals surface area contributed by atoms with Crippen LogP contribution < -0.4 is 5.32 Å². The maximum atomic E-state index is 13.1. The SMILES string of the molecule is CNCC(Cc1ccc(F)c(Cl)c1)C1CCCC1. The maximum absolute atomic E-state index is 13.1. The quantitative estimate of drug-likeness (QED) is 0.850. The second-order valence-corrected chi connectivity index (χ2v) is 5.72. The van der Waals surface area contributed by atoms with Gasteiger partial charge in [-0.2, -0.15) is 0 Å². The third-order valence-corrected chi connectivity index (χ3v) is 4.30. The smallest absolute Gasteiger partial charge is 0.141 e. The van der Waals surface area contributed by atoms with Crippen LogP contribution in [0.1, 0.15) is 31.2 Å². The molecule has 0 amide bonds. The fourth-order valence-electron chi connectivity index (χ4n) is 3.07. The number of benzene rings is 1. The van der Waals surface area contributed by atoms with Crippen molar-refractivity contribution in [2.75, 3.05) is 13.6 Å². The molecule has 0 aliphatic heterocycles. The summed E-state index contributed by atoms with van der Waals surface area (Å²) in [6, 6.07) is 5.11. The molecule has 1 atom stereocenters. The summed E-state index contributed by atoms with van der Waals surface area (Å²) in [6.45, 7) is 1.03. The molecular formula is C15H21ClFN. The third-order valence-electron chi connectivity index (χ3n) is 4.01. The summed E-state index contributed by atoms with van der Waals surface area (Å²) in [4.78, 5) is 0. The van der Waals surface area contributed by atoms with Crippen molar-refractivity contribution in [3.8, 4) is 0 Å². The van der Waals surface area contributed by atoms with E-state index < -0.39 is 0 Å². The Morgan fingerprint density at radius 3 is 2.72 bits per heavy atom. The predicted molar refractivity (Wildman–Crippen MR) is 74.5 cm³/mol. The van der Waals surface area contributed by atoms with E-state index in [0.717, 1.165) is 24.4 Å². The Balaban J connectivity index is 2.04. The minimum atomic E-state index is -0.327. The highest BCUT2D eigenvalue weighted by atomic mass is 35.5. The van der Waals surface area contributed by atoms with E-state index in [9.17, 15) is 4.39 Å². The molecule has 1 aromatic rings. The van der Waals surface area contributed by atoms with Crippen LogP contribution in [0.4, 0.5) is 4.39 Å². The number of rotatable bonds is 5. The molecule has 0 aromatic heterocycles. The van der Waals surface area contributed by atoms with E-state index in [-0.39, 0.29) is 10.8 Å². The maximum Gasteiger partial charge on any atom is 0.141 e. The Kier molecular flexibility index (Phi) is 5.02. The lowest BCUT2D eigenvalue weighted by atomic mass is 9.85. The van der Waals surface area contributed by atoms with Crippen LogP contribution in [0, 0.1) is 17.7 Å². The molecule has 0 spiro atoms. The second kappa shape index (κ2) is 6.53. The lowest BCUT2D eigenvalue weighted by molar-refractivity contribution is 0.328. The topological polar surface area (TPSA) is 12.0 Å². The van der Waals surface area contributed by atoms with E-state index in [1.54, 1.807) is 6.07 Å². The van der Waals surface area contributed by atoms with Crippen LogP contribution in [-0.4, -0.2) is 13.6 Å². The zero-order valence-corrected chi connectivity index (χ0v) is 11.6. The Morgan fingerprint density at radius 1 is 1.39 bits per heavy atom.